The van der Waals surface area contributed by atoms with Crippen molar-refractivity contribution in [3.8, 4) is 5.88 Å². The van der Waals surface area contributed by atoms with Crippen molar-refractivity contribution in [2.24, 2.45) is 5.73 Å². The van der Waals surface area contributed by atoms with Gasteiger partial charge in [-0.15, -0.1) is 0 Å². The molecule has 1 aromatic rings. The summed E-state index contributed by atoms with van der Waals surface area (Å²) in [5.74, 6) is -2.41. The molecular weight excluding hydrogens is 264 g/mol. The number of carbonyl (C=O) groups is 1. The van der Waals surface area contributed by atoms with Crippen molar-refractivity contribution in [2.75, 3.05) is 5.75 Å². The quantitative estimate of drug-likeness (QED) is 0.593. The van der Waals surface area contributed by atoms with Gasteiger partial charge in [0, 0.05) is 12.6 Å². The van der Waals surface area contributed by atoms with Crippen LogP contribution in [0.4, 0.5) is 0 Å². The lowest BCUT2D eigenvalue weighted by Crippen LogP contribution is -2.27. The van der Waals surface area contributed by atoms with Gasteiger partial charge in [0.1, 0.15) is 5.56 Å². The summed E-state index contributed by atoms with van der Waals surface area (Å²) < 4.78 is 30.4. The van der Waals surface area contributed by atoms with Crippen LogP contribution in [0.15, 0.2) is 10.9 Å². The van der Waals surface area contributed by atoms with Crippen molar-refractivity contribution in [1.82, 2.24) is 4.57 Å². The van der Waals surface area contributed by atoms with Gasteiger partial charge in [-0.3, -0.25) is 18.7 Å². The molecule has 1 amide bonds. The molecule has 1 rings (SSSR count). The smallest absolute Gasteiger partial charge is 0.266 e. The monoisotopic (exact) mass is 276 g/mol. The molecule has 0 radical (unpaired) electrons. The molecule has 0 fully saturated rings. The van der Waals surface area contributed by atoms with Gasteiger partial charge in [0.15, 0.2) is 0 Å². The van der Waals surface area contributed by atoms with Gasteiger partial charge in [0.05, 0.1) is 5.75 Å². The van der Waals surface area contributed by atoms with E-state index in [1.165, 1.54) is 6.92 Å². The Labute approximate surface area is 102 Å². The van der Waals surface area contributed by atoms with E-state index in [1.807, 2.05) is 0 Å². The van der Waals surface area contributed by atoms with Crippen LogP contribution in [-0.2, 0) is 16.7 Å². The Kier molecular flexibility index (Phi) is 3.77. The van der Waals surface area contributed by atoms with Crippen LogP contribution in [0, 0.1) is 6.92 Å². The number of aromatic hydroxyl groups is 1. The number of hydrogen-bond donors (Lipinski definition) is 3. The molecule has 0 aromatic carbocycles. The number of carbonyl (C=O) groups excluding carboxylic acids is 1. The summed E-state index contributed by atoms with van der Waals surface area (Å²) in [7, 11) is -4.29. The van der Waals surface area contributed by atoms with E-state index in [1.54, 1.807) is 0 Å². The van der Waals surface area contributed by atoms with Gasteiger partial charge in [-0.25, -0.2) is 0 Å². The summed E-state index contributed by atoms with van der Waals surface area (Å²) >= 11 is 0. The fourth-order valence-corrected chi connectivity index (χ4v) is 1.89. The second kappa shape index (κ2) is 4.78. The molecule has 0 aliphatic rings. The zero-order valence-electron chi connectivity index (χ0n) is 9.45. The van der Waals surface area contributed by atoms with Crippen LogP contribution in [0.25, 0.3) is 0 Å². The zero-order valence-corrected chi connectivity index (χ0v) is 10.3. The third-order valence-corrected chi connectivity index (χ3v) is 3.00. The van der Waals surface area contributed by atoms with Crippen LogP contribution in [-0.4, -0.2) is 34.3 Å². The number of nitrogens with two attached hydrogens (primary N) is 1. The molecule has 0 unspecified atom stereocenters. The Balaban J connectivity index is 3.33. The van der Waals surface area contributed by atoms with Gasteiger partial charge >= 0.3 is 0 Å². The van der Waals surface area contributed by atoms with Crippen molar-refractivity contribution in [3.63, 3.8) is 0 Å². The van der Waals surface area contributed by atoms with Gasteiger partial charge in [-0.1, -0.05) is 0 Å². The van der Waals surface area contributed by atoms with Crippen molar-refractivity contribution in [2.45, 2.75) is 13.5 Å². The van der Waals surface area contributed by atoms with Crippen LogP contribution in [0.3, 0.4) is 0 Å². The Morgan fingerprint density at radius 1 is 1.50 bits per heavy atom. The second-order valence-electron chi connectivity index (χ2n) is 3.67. The van der Waals surface area contributed by atoms with E-state index in [0.717, 1.165) is 6.07 Å². The van der Waals surface area contributed by atoms with Crippen LogP contribution >= 0.6 is 0 Å². The minimum atomic E-state index is -4.29. The second-order valence-corrected chi connectivity index (χ2v) is 5.24. The van der Waals surface area contributed by atoms with Crippen LogP contribution in [0.2, 0.25) is 0 Å². The average molecular weight is 276 g/mol. The minimum Gasteiger partial charge on any atom is -0.494 e. The number of rotatable bonds is 4. The standard InChI is InChI=1S/C9H12N2O6S/c1-5-4-6(12)11(2-3-18(15,16)17)9(14)7(5)8(10)13/h4,14H,2-3H2,1H3,(H2,10,13)(H,15,16,17). The first-order chi connectivity index (χ1) is 8.13. The highest BCUT2D eigenvalue weighted by molar-refractivity contribution is 7.85. The Hall–Kier alpha value is -1.87. The van der Waals surface area contributed by atoms with E-state index in [0.29, 0.717) is 4.57 Å². The number of pyridine rings is 1. The Morgan fingerprint density at radius 3 is 2.50 bits per heavy atom. The fraction of sp³-hybridized carbons (Fsp3) is 0.333. The summed E-state index contributed by atoms with van der Waals surface area (Å²) in [6, 6.07) is 1.05. The van der Waals surface area contributed by atoms with E-state index in [4.69, 9.17) is 10.3 Å². The largest absolute Gasteiger partial charge is 0.494 e. The molecule has 0 aliphatic carbocycles. The molecule has 9 heteroatoms. The highest BCUT2D eigenvalue weighted by Crippen LogP contribution is 2.17. The molecule has 1 heterocycles. The summed E-state index contributed by atoms with van der Waals surface area (Å²) in [5.41, 5.74) is 4.27. The number of aryl methyl sites for hydroxylation is 1. The molecule has 0 aliphatic heterocycles. The van der Waals surface area contributed by atoms with E-state index >= 15 is 0 Å². The highest BCUT2D eigenvalue weighted by atomic mass is 32.2. The van der Waals surface area contributed by atoms with Crippen LogP contribution < -0.4 is 11.3 Å². The maximum absolute atomic E-state index is 11.5. The van der Waals surface area contributed by atoms with E-state index in [2.05, 4.69) is 0 Å². The predicted molar refractivity (Wildman–Crippen MR) is 62.0 cm³/mol. The Morgan fingerprint density at radius 2 is 2.06 bits per heavy atom. The molecule has 0 bridgehead atoms. The number of hydrogen-bond acceptors (Lipinski definition) is 5. The molecule has 0 spiro atoms. The molecule has 0 atom stereocenters. The average Bonchev–Trinajstić information content (AvgIpc) is 2.13. The van der Waals surface area contributed by atoms with Crippen LogP contribution in [0.1, 0.15) is 15.9 Å². The van der Waals surface area contributed by atoms with Crippen molar-refractivity contribution in [1.29, 1.82) is 0 Å². The lowest BCUT2D eigenvalue weighted by Gasteiger charge is -2.11. The Bertz CT molecular complexity index is 646. The molecular formula is C9H12N2O6S. The number of nitrogens with zero attached hydrogens (tertiary/aromatic N) is 1. The molecule has 18 heavy (non-hydrogen) atoms. The van der Waals surface area contributed by atoms with Gasteiger partial charge in [-0.05, 0) is 12.5 Å². The van der Waals surface area contributed by atoms with E-state index < -0.39 is 39.8 Å². The minimum absolute atomic E-state index is 0.188. The van der Waals surface area contributed by atoms with Crippen molar-refractivity contribution >= 4 is 16.0 Å². The summed E-state index contributed by atoms with van der Waals surface area (Å²) in [5, 5.41) is 9.70. The number of aromatic nitrogens is 1. The molecule has 0 saturated carbocycles. The van der Waals surface area contributed by atoms with Gasteiger partial charge in [0.2, 0.25) is 5.88 Å². The fourth-order valence-electron chi connectivity index (χ4n) is 1.48. The third-order valence-electron chi connectivity index (χ3n) is 2.30. The summed E-state index contributed by atoms with van der Waals surface area (Å²) in [6.45, 7) is 0.929. The van der Waals surface area contributed by atoms with Gasteiger partial charge in [0.25, 0.3) is 21.6 Å². The lowest BCUT2D eigenvalue weighted by molar-refractivity contribution is 0.0995. The van der Waals surface area contributed by atoms with Gasteiger partial charge < -0.3 is 10.8 Å². The van der Waals surface area contributed by atoms with E-state index in [-0.39, 0.29) is 11.1 Å². The maximum Gasteiger partial charge on any atom is 0.266 e. The van der Waals surface area contributed by atoms with E-state index in [9.17, 15) is 23.1 Å². The highest BCUT2D eigenvalue weighted by Gasteiger charge is 2.18. The predicted octanol–water partition coefficient (Wildman–Crippen LogP) is -1.15. The maximum atomic E-state index is 11.5. The first kappa shape index (κ1) is 14.2. The molecule has 0 saturated heterocycles. The molecule has 1 aromatic heterocycles. The van der Waals surface area contributed by atoms with Crippen molar-refractivity contribution in [3.05, 3.63) is 27.5 Å². The summed E-state index contributed by atoms with van der Waals surface area (Å²) in [6.07, 6.45) is 0. The van der Waals surface area contributed by atoms with Crippen molar-refractivity contribution < 1.29 is 22.9 Å². The van der Waals surface area contributed by atoms with Crippen LogP contribution in [0.5, 0.6) is 5.88 Å². The molecule has 4 N–H and O–H groups in total. The lowest BCUT2D eigenvalue weighted by atomic mass is 10.1. The normalized spacial score (nSPS) is 11.4. The summed E-state index contributed by atoms with van der Waals surface area (Å²) in [4.78, 5) is 22.6. The zero-order chi connectivity index (χ0) is 14.1. The van der Waals surface area contributed by atoms with Gasteiger partial charge in [-0.2, -0.15) is 8.42 Å². The number of amides is 1. The first-order valence-corrected chi connectivity index (χ1v) is 6.43. The molecule has 8 nitrogen and oxygen atoms in total. The SMILES string of the molecule is Cc1cc(=O)n(CCS(=O)(=O)O)c(O)c1C(N)=O. The topological polar surface area (TPSA) is 140 Å². The molecule has 100 valence electrons. The number of primary amides is 1. The first-order valence-electron chi connectivity index (χ1n) is 4.82. The third kappa shape index (κ3) is 3.08.